The zero-order valence-electron chi connectivity index (χ0n) is 19.8. The highest BCUT2D eigenvalue weighted by Gasteiger charge is 2.21. The topological polar surface area (TPSA) is 95.0 Å². The lowest BCUT2D eigenvalue weighted by Gasteiger charge is -2.33. The molecule has 1 saturated heterocycles. The zero-order valence-corrected chi connectivity index (χ0v) is 20.6. The molecule has 0 aromatic carbocycles. The molecule has 4 aromatic heterocycles. The maximum absolute atomic E-state index is 4.77. The molecule has 2 aliphatic rings. The highest BCUT2D eigenvalue weighted by Crippen LogP contribution is 2.37. The van der Waals surface area contributed by atoms with Gasteiger partial charge in [-0.05, 0) is 44.2 Å². The van der Waals surface area contributed by atoms with Gasteiger partial charge in [0.05, 0.1) is 46.7 Å². The summed E-state index contributed by atoms with van der Waals surface area (Å²) in [6, 6.07) is 8.07. The minimum Gasteiger partial charge on any atom is -0.368 e. The molecule has 0 amide bonds. The third kappa shape index (κ3) is 5.03. The lowest BCUT2D eigenvalue weighted by atomic mass is 10.1. The summed E-state index contributed by atoms with van der Waals surface area (Å²) >= 11 is 1.63. The van der Waals surface area contributed by atoms with E-state index in [1.807, 2.05) is 36.8 Å². The van der Waals surface area contributed by atoms with Gasteiger partial charge in [-0.2, -0.15) is 0 Å². The Morgan fingerprint density at radius 3 is 2.57 bits per heavy atom. The lowest BCUT2D eigenvalue weighted by molar-refractivity contribution is 0.313. The van der Waals surface area contributed by atoms with E-state index < -0.39 is 0 Å². The highest BCUT2D eigenvalue weighted by molar-refractivity contribution is 7.15. The summed E-state index contributed by atoms with van der Waals surface area (Å²) in [6.07, 6.45) is 10.6. The van der Waals surface area contributed by atoms with Crippen LogP contribution in [0.1, 0.15) is 36.6 Å². The first-order valence-electron chi connectivity index (χ1n) is 12.2. The van der Waals surface area contributed by atoms with Crippen molar-refractivity contribution in [2.45, 2.75) is 31.6 Å². The number of likely N-dealkylation sites (N-methyl/N-ethyl adjacent to an activating group) is 1. The van der Waals surface area contributed by atoms with Gasteiger partial charge in [0.1, 0.15) is 10.8 Å². The average Bonchev–Trinajstić information content (AvgIpc) is 3.57. The summed E-state index contributed by atoms with van der Waals surface area (Å²) in [7, 11) is 2.16. The zero-order chi connectivity index (χ0) is 23.6. The first kappa shape index (κ1) is 22.1. The molecule has 2 fully saturated rings. The Labute approximate surface area is 208 Å². The van der Waals surface area contributed by atoms with Gasteiger partial charge in [0, 0.05) is 32.1 Å². The Morgan fingerprint density at radius 2 is 1.71 bits per heavy atom. The molecule has 0 atom stereocenters. The summed E-state index contributed by atoms with van der Waals surface area (Å²) < 4.78 is 0. The van der Waals surface area contributed by atoms with E-state index in [0.717, 1.165) is 70.2 Å². The standard InChI is InChI=1S/C25H29N9S/c1-33-8-10-34(11-9-33)20-12-18(14-26-16-20)28-19-13-22-21(27-15-19)6-7-23(29-22)30-25-32-31-24(35-25)17-4-2-3-5-17/h6-7,12-17,28H,2-5,8-11H2,1H3,(H,29,30,32). The van der Waals surface area contributed by atoms with Crippen molar-refractivity contribution in [3.63, 3.8) is 0 Å². The number of nitrogens with zero attached hydrogens (tertiary/aromatic N) is 7. The molecule has 1 saturated carbocycles. The Kier molecular flexibility index (Phi) is 6.13. The number of pyridine rings is 3. The van der Waals surface area contributed by atoms with Crippen LogP contribution in [0.2, 0.25) is 0 Å². The van der Waals surface area contributed by atoms with Crippen LogP contribution in [0.5, 0.6) is 0 Å². The predicted octanol–water partition coefficient (Wildman–Crippen LogP) is 4.77. The third-order valence-electron chi connectivity index (χ3n) is 6.80. The molecule has 5 heterocycles. The van der Waals surface area contributed by atoms with Crippen LogP contribution in [0.15, 0.2) is 42.9 Å². The molecule has 180 valence electrons. The minimum absolute atomic E-state index is 0.565. The molecule has 6 rings (SSSR count). The number of hydrogen-bond acceptors (Lipinski definition) is 10. The quantitative estimate of drug-likeness (QED) is 0.399. The van der Waals surface area contributed by atoms with Gasteiger partial charge in [-0.25, -0.2) is 4.98 Å². The average molecular weight is 488 g/mol. The van der Waals surface area contributed by atoms with Gasteiger partial charge in [-0.3, -0.25) is 9.97 Å². The monoisotopic (exact) mass is 487 g/mol. The van der Waals surface area contributed by atoms with Crippen molar-refractivity contribution in [3.05, 3.63) is 47.9 Å². The van der Waals surface area contributed by atoms with Gasteiger partial charge in [-0.15, -0.1) is 10.2 Å². The second-order valence-corrected chi connectivity index (χ2v) is 10.4. The summed E-state index contributed by atoms with van der Waals surface area (Å²) in [5.74, 6) is 1.30. The number of hydrogen-bond donors (Lipinski definition) is 2. The second kappa shape index (κ2) is 9.71. The summed E-state index contributed by atoms with van der Waals surface area (Å²) in [5.41, 5.74) is 4.59. The Bertz CT molecular complexity index is 1310. The third-order valence-corrected chi connectivity index (χ3v) is 7.80. The Hall–Kier alpha value is -3.37. The van der Waals surface area contributed by atoms with E-state index in [1.54, 1.807) is 11.3 Å². The molecule has 35 heavy (non-hydrogen) atoms. The normalized spacial score (nSPS) is 17.2. The van der Waals surface area contributed by atoms with Gasteiger partial charge >= 0.3 is 0 Å². The summed E-state index contributed by atoms with van der Waals surface area (Å²) in [5, 5.41) is 17.4. The smallest absolute Gasteiger partial charge is 0.211 e. The largest absolute Gasteiger partial charge is 0.368 e. The van der Waals surface area contributed by atoms with E-state index in [9.17, 15) is 0 Å². The molecule has 0 unspecified atom stereocenters. The number of nitrogens with one attached hydrogen (secondary N) is 2. The van der Waals surface area contributed by atoms with E-state index >= 15 is 0 Å². The fourth-order valence-electron chi connectivity index (χ4n) is 4.78. The van der Waals surface area contributed by atoms with Gasteiger partial charge in [0.2, 0.25) is 5.13 Å². The van der Waals surface area contributed by atoms with E-state index in [4.69, 9.17) is 4.98 Å². The SMILES string of the molecule is CN1CCN(c2cncc(Nc3cnc4ccc(Nc5nnc(C6CCCC6)s5)nc4c3)c2)CC1. The molecule has 0 bridgehead atoms. The first-order valence-corrected chi connectivity index (χ1v) is 13.0. The first-order chi connectivity index (χ1) is 17.2. The van der Waals surface area contributed by atoms with Crippen molar-refractivity contribution < 1.29 is 0 Å². The van der Waals surface area contributed by atoms with Crippen LogP contribution in [0, 0.1) is 0 Å². The van der Waals surface area contributed by atoms with Crippen molar-refractivity contribution in [3.8, 4) is 0 Å². The van der Waals surface area contributed by atoms with E-state index in [1.165, 1.54) is 25.7 Å². The fourth-order valence-corrected chi connectivity index (χ4v) is 5.70. The molecule has 4 aromatic rings. The van der Waals surface area contributed by atoms with Gasteiger partial charge < -0.3 is 20.4 Å². The molecule has 1 aliphatic heterocycles. The number of piperazine rings is 1. The van der Waals surface area contributed by atoms with Crippen LogP contribution in [-0.2, 0) is 0 Å². The highest BCUT2D eigenvalue weighted by atomic mass is 32.1. The van der Waals surface area contributed by atoms with Crippen LogP contribution in [-0.4, -0.2) is 63.3 Å². The lowest BCUT2D eigenvalue weighted by Crippen LogP contribution is -2.44. The van der Waals surface area contributed by atoms with Crippen LogP contribution in [0.25, 0.3) is 11.0 Å². The van der Waals surface area contributed by atoms with Crippen molar-refractivity contribution >= 4 is 50.4 Å². The van der Waals surface area contributed by atoms with E-state index in [2.05, 4.69) is 53.7 Å². The second-order valence-electron chi connectivity index (χ2n) is 9.36. The van der Waals surface area contributed by atoms with Gasteiger partial charge in [0.25, 0.3) is 0 Å². The summed E-state index contributed by atoms with van der Waals surface area (Å²) in [6.45, 7) is 4.14. The van der Waals surface area contributed by atoms with Crippen molar-refractivity contribution in [2.75, 3.05) is 48.8 Å². The molecule has 1 aliphatic carbocycles. The van der Waals surface area contributed by atoms with Crippen molar-refractivity contribution in [2.24, 2.45) is 0 Å². The molecular formula is C25H29N9S. The minimum atomic E-state index is 0.565. The van der Waals surface area contributed by atoms with Crippen LogP contribution < -0.4 is 15.5 Å². The molecule has 10 heteroatoms. The van der Waals surface area contributed by atoms with Crippen LogP contribution >= 0.6 is 11.3 Å². The van der Waals surface area contributed by atoms with E-state index in [-0.39, 0.29) is 0 Å². The van der Waals surface area contributed by atoms with Gasteiger partial charge in [-0.1, -0.05) is 24.2 Å². The maximum Gasteiger partial charge on any atom is 0.211 e. The molecule has 0 radical (unpaired) electrons. The van der Waals surface area contributed by atoms with Crippen LogP contribution in [0.3, 0.4) is 0 Å². The molecule has 2 N–H and O–H groups in total. The Balaban J connectivity index is 1.17. The fraction of sp³-hybridized carbons (Fsp3) is 0.400. The van der Waals surface area contributed by atoms with Crippen LogP contribution in [0.4, 0.5) is 28.0 Å². The maximum atomic E-state index is 4.77. The number of rotatable bonds is 6. The number of anilines is 5. The van der Waals surface area contributed by atoms with E-state index in [0.29, 0.717) is 5.92 Å². The van der Waals surface area contributed by atoms with Crippen molar-refractivity contribution in [1.29, 1.82) is 0 Å². The predicted molar refractivity (Wildman–Crippen MR) is 141 cm³/mol. The van der Waals surface area contributed by atoms with Gasteiger partial charge in [0.15, 0.2) is 0 Å². The number of aromatic nitrogens is 5. The molecule has 0 spiro atoms. The van der Waals surface area contributed by atoms with Crippen molar-refractivity contribution in [1.82, 2.24) is 30.0 Å². The summed E-state index contributed by atoms with van der Waals surface area (Å²) in [4.78, 5) is 18.5. The molecular weight excluding hydrogens is 458 g/mol. The number of fused-ring (bicyclic) bond motifs is 1. The Morgan fingerprint density at radius 1 is 0.886 bits per heavy atom. The molecule has 9 nitrogen and oxygen atoms in total.